The second-order valence-corrected chi connectivity index (χ2v) is 3.53. The van der Waals surface area contributed by atoms with E-state index in [2.05, 4.69) is 5.32 Å². The Bertz CT molecular complexity index is 295. The van der Waals surface area contributed by atoms with E-state index in [4.69, 9.17) is 10.5 Å². The quantitative estimate of drug-likeness (QED) is 0.634. The summed E-state index contributed by atoms with van der Waals surface area (Å²) in [6, 6.07) is 5.71. The van der Waals surface area contributed by atoms with Gasteiger partial charge in [0.2, 0.25) is 0 Å². The fourth-order valence-electron chi connectivity index (χ4n) is 1.40. The highest BCUT2D eigenvalue weighted by molar-refractivity contribution is 5.69. The van der Waals surface area contributed by atoms with Crippen molar-refractivity contribution in [3.05, 3.63) is 23.8 Å². The maximum absolute atomic E-state index is 9.46. The fourth-order valence-corrected chi connectivity index (χ4v) is 1.40. The van der Waals surface area contributed by atoms with E-state index in [1.807, 2.05) is 25.1 Å². The number of nitrogens with one attached hydrogen (secondary N) is 1. The predicted octanol–water partition coefficient (Wildman–Crippen LogP) is 0.996. The first-order chi connectivity index (χ1) is 7.15. The molecule has 0 heterocycles. The lowest BCUT2D eigenvalue weighted by Gasteiger charge is -2.15. The average Bonchev–Trinajstić information content (AvgIpc) is 2.17. The topological polar surface area (TPSA) is 67.5 Å². The lowest BCUT2D eigenvalue weighted by Crippen LogP contribution is -2.24. The molecule has 0 saturated carbocycles. The molecule has 1 unspecified atom stereocenters. The van der Waals surface area contributed by atoms with Crippen molar-refractivity contribution >= 4 is 11.4 Å². The number of hydrogen-bond acceptors (Lipinski definition) is 4. The molecule has 84 valence electrons. The van der Waals surface area contributed by atoms with Crippen LogP contribution in [0.15, 0.2) is 18.2 Å². The van der Waals surface area contributed by atoms with Crippen molar-refractivity contribution in [1.29, 1.82) is 0 Å². The summed E-state index contributed by atoms with van der Waals surface area (Å²) in [5, 5.41) is 12.6. The standard InChI is InChI=1S/C11H18N2O2/c1-8-4-3-5-10(12)11(8)13-6-9(14)7-15-2/h3-5,9,13-14H,6-7,12H2,1-2H3. The van der Waals surface area contributed by atoms with E-state index in [0.717, 1.165) is 11.3 Å². The molecule has 0 amide bonds. The number of methoxy groups -OCH3 is 1. The molecule has 1 rings (SSSR count). The van der Waals surface area contributed by atoms with Crippen LogP contribution in [0, 0.1) is 6.92 Å². The van der Waals surface area contributed by atoms with Gasteiger partial charge in [-0.1, -0.05) is 12.1 Å². The Labute approximate surface area is 90.1 Å². The van der Waals surface area contributed by atoms with Gasteiger partial charge < -0.3 is 20.9 Å². The smallest absolute Gasteiger partial charge is 0.0945 e. The highest BCUT2D eigenvalue weighted by atomic mass is 16.5. The van der Waals surface area contributed by atoms with Crippen LogP contribution in [0.5, 0.6) is 0 Å². The van der Waals surface area contributed by atoms with E-state index in [0.29, 0.717) is 18.8 Å². The van der Waals surface area contributed by atoms with E-state index in [-0.39, 0.29) is 0 Å². The van der Waals surface area contributed by atoms with Crippen molar-refractivity contribution in [3.8, 4) is 0 Å². The van der Waals surface area contributed by atoms with Crippen LogP contribution in [0.2, 0.25) is 0 Å². The van der Waals surface area contributed by atoms with Gasteiger partial charge in [-0.15, -0.1) is 0 Å². The van der Waals surface area contributed by atoms with Crippen LogP contribution in [0.4, 0.5) is 11.4 Å². The molecule has 0 spiro atoms. The molecule has 15 heavy (non-hydrogen) atoms. The molecular weight excluding hydrogens is 192 g/mol. The van der Waals surface area contributed by atoms with Crippen molar-refractivity contribution in [2.24, 2.45) is 0 Å². The first-order valence-corrected chi connectivity index (χ1v) is 4.91. The Hall–Kier alpha value is -1.26. The number of para-hydroxylation sites is 1. The Kier molecular flexibility index (Phi) is 4.39. The maximum atomic E-state index is 9.46. The summed E-state index contributed by atoms with van der Waals surface area (Å²) in [4.78, 5) is 0. The summed E-state index contributed by atoms with van der Waals surface area (Å²) in [6.45, 7) is 2.73. The van der Waals surface area contributed by atoms with E-state index >= 15 is 0 Å². The molecule has 4 N–H and O–H groups in total. The molecular formula is C11H18N2O2. The maximum Gasteiger partial charge on any atom is 0.0945 e. The number of ether oxygens (including phenoxy) is 1. The van der Waals surface area contributed by atoms with Gasteiger partial charge in [-0.25, -0.2) is 0 Å². The van der Waals surface area contributed by atoms with Crippen LogP contribution in [0.1, 0.15) is 5.56 Å². The Balaban J connectivity index is 2.57. The molecule has 0 aromatic heterocycles. The lowest BCUT2D eigenvalue weighted by molar-refractivity contribution is 0.0727. The van der Waals surface area contributed by atoms with Gasteiger partial charge in [0.1, 0.15) is 0 Å². The van der Waals surface area contributed by atoms with Crippen LogP contribution in [-0.4, -0.2) is 31.5 Å². The number of anilines is 2. The second-order valence-electron chi connectivity index (χ2n) is 3.53. The van der Waals surface area contributed by atoms with E-state index in [9.17, 15) is 5.11 Å². The zero-order valence-electron chi connectivity index (χ0n) is 9.16. The van der Waals surface area contributed by atoms with Gasteiger partial charge >= 0.3 is 0 Å². The molecule has 0 bridgehead atoms. The molecule has 0 aliphatic heterocycles. The van der Waals surface area contributed by atoms with Crippen LogP contribution >= 0.6 is 0 Å². The van der Waals surface area contributed by atoms with Gasteiger partial charge in [0.25, 0.3) is 0 Å². The van der Waals surface area contributed by atoms with Crippen LogP contribution < -0.4 is 11.1 Å². The summed E-state index contributed by atoms with van der Waals surface area (Å²) in [7, 11) is 1.56. The molecule has 0 fully saturated rings. The molecule has 1 aromatic carbocycles. The molecule has 1 aromatic rings. The third-order valence-corrected chi connectivity index (χ3v) is 2.18. The molecule has 1 atom stereocenters. The van der Waals surface area contributed by atoms with Crippen LogP contribution in [0.3, 0.4) is 0 Å². The van der Waals surface area contributed by atoms with Gasteiger partial charge in [0, 0.05) is 13.7 Å². The predicted molar refractivity (Wildman–Crippen MR) is 62.0 cm³/mol. The number of aliphatic hydroxyl groups excluding tert-OH is 1. The van der Waals surface area contributed by atoms with Crippen molar-refractivity contribution in [2.75, 3.05) is 31.3 Å². The SMILES string of the molecule is COCC(O)CNc1c(C)cccc1N. The van der Waals surface area contributed by atoms with E-state index in [1.165, 1.54) is 0 Å². The fraction of sp³-hybridized carbons (Fsp3) is 0.455. The molecule has 0 aliphatic rings. The third kappa shape index (κ3) is 3.42. The Morgan fingerprint density at radius 3 is 2.87 bits per heavy atom. The monoisotopic (exact) mass is 210 g/mol. The van der Waals surface area contributed by atoms with Gasteiger partial charge in [-0.3, -0.25) is 0 Å². The van der Waals surface area contributed by atoms with Gasteiger partial charge in [0.05, 0.1) is 24.1 Å². The van der Waals surface area contributed by atoms with Gasteiger partial charge in [-0.2, -0.15) is 0 Å². The zero-order valence-corrected chi connectivity index (χ0v) is 9.16. The van der Waals surface area contributed by atoms with Crippen molar-refractivity contribution in [3.63, 3.8) is 0 Å². The van der Waals surface area contributed by atoms with E-state index in [1.54, 1.807) is 7.11 Å². The van der Waals surface area contributed by atoms with Crippen molar-refractivity contribution in [1.82, 2.24) is 0 Å². The molecule has 0 radical (unpaired) electrons. The first kappa shape index (κ1) is 11.8. The van der Waals surface area contributed by atoms with Gasteiger partial charge in [0.15, 0.2) is 0 Å². The highest BCUT2D eigenvalue weighted by Crippen LogP contribution is 2.22. The molecule has 4 heteroatoms. The number of rotatable bonds is 5. The summed E-state index contributed by atoms with van der Waals surface area (Å²) >= 11 is 0. The minimum absolute atomic E-state index is 0.318. The number of hydrogen-bond donors (Lipinski definition) is 3. The number of nitrogen functional groups attached to an aromatic ring is 1. The summed E-state index contributed by atoms with van der Waals surface area (Å²) < 4.78 is 4.83. The molecule has 4 nitrogen and oxygen atoms in total. The number of aliphatic hydroxyl groups is 1. The Morgan fingerprint density at radius 1 is 1.53 bits per heavy atom. The lowest BCUT2D eigenvalue weighted by atomic mass is 10.1. The van der Waals surface area contributed by atoms with Crippen molar-refractivity contribution < 1.29 is 9.84 Å². The van der Waals surface area contributed by atoms with Crippen molar-refractivity contribution in [2.45, 2.75) is 13.0 Å². The molecule has 0 aliphatic carbocycles. The van der Waals surface area contributed by atoms with E-state index < -0.39 is 6.10 Å². The highest BCUT2D eigenvalue weighted by Gasteiger charge is 2.06. The van der Waals surface area contributed by atoms with Crippen LogP contribution in [0.25, 0.3) is 0 Å². The minimum Gasteiger partial charge on any atom is -0.397 e. The van der Waals surface area contributed by atoms with Crippen LogP contribution in [-0.2, 0) is 4.74 Å². The summed E-state index contributed by atoms with van der Waals surface area (Å²) in [5.41, 5.74) is 8.45. The number of benzene rings is 1. The average molecular weight is 210 g/mol. The minimum atomic E-state index is -0.519. The molecule has 0 saturated heterocycles. The normalized spacial score (nSPS) is 12.5. The number of nitrogens with two attached hydrogens (primary N) is 1. The summed E-state index contributed by atoms with van der Waals surface area (Å²) in [5.74, 6) is 0. The third-order valence-electron chi connectivity index (χ3n) is 2.18. The second kappa shape index (κ2) is 5.58. The largest absolute Gasteiger partial charge is 0.397 e. The van der Waals surface area contributed by atoms with Gasteiger partial charge in [-0.05, 0) is 18.6 Å². The number of aryl methyl sites for hydroxylation is 1. The zero-order chi connectivity index (χ0) is 11.3. The summed E-state index contributed by atoms with van der Waals surface area (Å²) in [6.07, 6.45) is -0.519. The Morgan fingerprint density at radius 2 is 2.27 bits per heavy atom. The first-order valence-electron chi connectivity index (χ1n) is 4.91.